The van der Waals surface area contributed by atoms with Gasteiger partial charge in [-0.2, -0.15) is 0 Å². The Morgan fingerprint density at radius 3 is 2.45 bits per heavy atom. The summed E-state index contributed by atoms with van der Waals surface area (Å²) < 4.78 is 0. The molecule has 1 amide bonds. The molecule has 29 heavy (non-hydrogen) atoms. The predicted molar refractivity (Wildman–Crippen MR) is 119 cm³/mol. The lowest BCUT2D eigenvalue weighted by molar-refractivity contribution is -0.133. The number of aryl methyl sites for hydroxylation is 1. The lowest BCUT2D eigenvalue weighted by Crippen LogP contribution is -2.48. The SMILES string of the molecule is CCc1cccc2c(C(CC(=O)N3CCN(CC)CC3)c3ccccc3)c[nH]c12. The Hall–Kier alpha value is -2.59. The van der Waals surface area contributed by atoms with Gasteiger partial charge >= 0.3 is 0 Å². The van der Waals surface area contributed by atoms with Crippen LogP contribution in [-0.4, -0.2) is 53.4 Å². The second kappa shape index (κ2) is 8.83. The first-order valence-corrected chi connectivity index (χ1v) is 10.8. The van der Waals surface area contributed by atoms with Crippen LogP contribution in [-0.2, 0) is 11.2 Å². The van der Waals surface area contributed by atoms with Gasteiger partial charge in [0.25, 0.3) is 0 Å². The number of nitrogens with zero attached hydrogens (tertiary/aromatic N) is 2. The third-order valence-corrected chi connectivity index (χ3v) is 6.34. The summed E-state index contributed by atoms with van der Waals surface area (Å²) >= 11 is 0. The molecule has 0 saturated carbocycles. The van der Waals surface area contributed by atoms with Crippen LogP contribution in [0.15, 0.2) is 54.7 Å². The van der Waals surface area contributed by atoms with Gasteiger partial charge in [-0.15, -0.1) is 0 Å². The van der Waals surface area contributed by atoms with Gasteiger partial charge in [0.2, 0.25) is 5.91 Å². The number of carbonyl (C=O) groups is 1. The molecule has 0 bridgehead atoms. The fourth-order valence-electron chi connectivity index (χ4n) is 4.53. The summed E-state index contributed by atoms with van der Waals surface area (Å²) in [6.07, 6.45) is 3.62. The fourth-order valence-corrected chi connectivity index (χ4v) is 4.53. The molecule has 1 saturated heterocycles. The number of hydrogen-bond acceptors (Lipinski definition) is 2. The van der Waals surface area contributed by atoms with Crippen LogP contribution in [0.2, 0.25) is 0 Å². The number of amides is 1. The molecule has 4 heteroatoms. The Labute approximate surface area is 173 Å². The molecule has 1 fully saturated rings. The van der Waals surface area contributed by atoms with Crippen molar-refractivity contribution in [2.45, 2.75) is 32.6 Å². The van der Waals surface area contributed by atoms with Crippen LogP contribution in [0.25, 0.3) is 10.9 Å². The molecule has 1 unspecified atom stereocenters. The lowest BCUT2D eigenvalue weighted by atomic mass is 9.87. The Bertz CT molecular complexity index is 955. The van der Waals surface area contributed by atoms with Gasteiger partial charge in [0.1, 0.15) is 0 Å². The summed E-state index contributed by atoms with van der Waals surface area (Å²) in [5.74, 6) is 0.323. The van der Waals surface area contributed by atoms with E-state index in [0.29, 0.717) is 6.42 Å². The van der Waals surface area contributed by atoms with Gasteiger partial charge in [-0.05, 0) is 29.7 Å². The highest BCUT2D eigenvalue weighted by Crippen LogP contribution is 2.35. The van der Waals surface area contributed by atoms with Crippen molar-refractivity contribution < 1.29 is 4.79 Å². The van der Waals surface area contributed by atoms with Crippen molar-refractivity contribution in [2.24, 2.45) is 0 Å². The van der Waals surface area contributed by atoms with Gasteiger partial charge in [-0.1, -0.05) is 62.4 Å². The van der Waals surface area contributed by atoms with Crippen molar-refractivity contribution in [3.63, 3.8) is 0 Å². The van der Waals surface area contributed by atoms with Crippen molar-refractivity contribution >= 4 is 16.8 Å². The lowest BCUT2D eigenvalue weighted by Gasteiger charge is -2.34. The molecule has 2 heterocycles. The number of carbonyl (C=O) groups excluding carboxylic acids is 1. The van der Waals surface area contributed by atoms with Crippen LogP contribution < -0.4 is 0 Å². The van der Waals surface area contributed by atoms with Gasteiger partial charge in [0.15, 0.2) is 0 Å². The summed E-state index contributed by atoms with van der Waals surface area (Å²) in [5.41, 5.74) is 4.95. The molecular formula is C25H31N3O. The monoisotopic (exact) mass is 389 g/mol. The van der Waals surface area contributed by atoms with E-state index in [4.69, 9.17) is 0 Å². The minimum absolute atomic E-state index is 0.0637. The van der Waals surface area contributed by atoms with Crippen molar-refractivity contribution in [1.29, 1.82) is 0 Å². The van der Waals surface area contributed by atoms with Crippen molar-refractivity contribution in [3.8, 4) is 0 Å². The molecule has 0 spiro atoms. The molecule has 4 nitrogen and oxygen atoms in total. The molecule has 1 aliphatic heterocycles. The van der Waals surface area contributed by atoms with Crippen LogP contribution in [0.4, 0.5) is 0 Å². The van der Waals surface area contributed by atoms with Gasteiger partial charge in [0.05, 0.1) is 0 Å². The number of para-hydroxylation sites is 1. The first kappa shape index (κ1) is 19.7. The average molecular weight is 390 g/mol. The number of benzene rings is 2. The van der Waals surface area contributed by atoms with E-state index in [0.717, 1.165) is 39.1 Å². The molecular weight excluding hydrogens is 358 g/mol. The van der Waals surface area contributed by atoms with Crippen LogP contribution in [0.5, 0.6) is 0 Å². The maximum Gasteiger partial charge on any atom is 0.223 e. The zero-order valence-electron chi connectivity index (χ0n) is 17.5. The number of piperazine rings is 1. The first-order chi connectivity index (χ1) is 14.2. The number of likely N-dealkylation sites (N-methyl/N-ethyl adjacent to an activating group) is 1. The molecule has 0 radical (unpaired) electrons. The van der Waals surface area contributed by atoms with E-state index in [1.165, 1.54) is 27.6 Å². The second-order valence-corrected chi connectivity index (χ2v) is 7.92. The van der Waals surface area contributed by atoms with Crippen molar-refractivity contribution in [3.05, 3.63) is 71.4 Å². The summed E-state index contributed by atoms with van der Waals surface area (Å²) in [4.78, 5) is 21.2. The van der Waals surface area contributed by atoms with E-state index in [-0.39, 0.29) is 11.8 Å². The van der Waals surface area contributed by atoms with E-state index in [1.54, 1.807) is 0 Å². The normalized spacial score (nSPS) is 16.3. The van der Waals surface area contributed by atoms with Crippen molar-refractivity contribution in [1.82, 2.24) is 14.8 Å². The highest BCUT2D eigenvalue weighted by molar-refractivity contribution is 5.88. The highest BCUT2D eigenvalue weighted by atomic mass is 16.2. The van der Waals surface area contributed by atoms with E-state index in [2.05, 4.69) is 77.3 Å². The molecule has 152 valence electrons. The number of aromatic amines is 1. The fraction of sp³-hybridized carbons (Fsp3) is 0.400. The third kappa shape index (κ3) is 4.08. The topological polar surface area (TPSA) is 39.3 Å². The smallest absolute Gasteiger partial charge is 0.223 e. The molecule has 1 N–H and O–H groups in total. The second-order valence-electron chi connectivity index (χ2n) is 7.92. The zero-order valence-corrected chi connectivity index (χ0v) is 17.5. The largest absolute Gasteiger partial charge is 0.361 e. The van der Waals surface area contributed by atoms with E-state index >= 15 is 0 Å². The van der Waals surface area contributed by atoms with Crippen molar-refractivity contribution in [2.75, 3.05) is 32.7 Å². The van der Waals surface area contributed by atoms with E-state index < -0.39 is 0 Å². The summed E-state index contributed by atoms with van der Waals surface area (Å²) in [6.45, 7) is 9.05. The molecule has 1 aliphatic rings. The first-order valence-electron chi connectivity index (χ1n) is 10.8. The Kier molecular flexibility index (Phi) is 6.00. The zero-order chi connectivity index (χ0) is 20.2. The number of aromatic nitrogens is 1. The van der Waals surface area contributed by atoms with Crippen LogP contribution in [0.3, 0.4) is 0 Å². The minimum Gasteiger partial charge on any atom is -0.361 e. The van der Waals surface area contributed by atoms with Crippen LogP contribution in [0, 0.1) is 0 Å². The molecule has 3 aromatic rings. The van der Waals surface area contributed by atoms with Crippen LogP contribution in [0.1, 0.15) is 42.9 Å². The Morgan fingerprint density at radius 2 is 1.76 bits per heavy atom. The maximum atomic E-state index is 13.2. The van der Waals surface area contributed by atoms with Gasteiger partial charge in [-0.3, -0.25) is 4.79 Å². The average Bonchev–Trinajstić information content (AvgIpc) is 3.22. The number of rotatable bonds is 6. The van der Waals surface area contributed by atoms with E-state index in [1.807, 2.05) is 6.07 Å². The summed E-state index contributed by atoms with van der Waals surface area (Å²) in [7, 11) is 0. The Balaban J connectivity index is 1.64. The molecule has 4 rings (SSSR count). The number of H-pyrrole nitrogens is 1. The summed E-state index contributed by atoms with van der Waals surface area (Å²) in [5, 5.41) is 1.24. The van der Waals surface area contributed by atoms with Gasteiger partial charge in [0, 0.05) is 55.6 Å². The standard InChI is InChI=1S/C25H31N3O/c1-3-19-11-8-12-21-23(18-26-25(19)21)22(20-9-6-5-7-10-20)17-24(29)28-15-13-27(4-2)14-16-28/h5-12,18,22,26H,3-4,13-17H2,1-2H3. The third-order valence-electron chi connectivity index (χ3n) is 6.34. The molecule has 1 aromatic heterocycles. The number of nitrogens with one attached hydrogen (secondary N) is 1. The van der Waals surface area contributed by atoms with Gasteiger partial charge < -0.3 is 14.8 Å². The minimum atomic E-state index is 0.0637. The molecule has 1 atom stereocenters. The quantitative estimate of drug-likeness (QED) is 0.678. The Morgan fingerprint density at radius 1 is 1.00 bits per heavy atom. The predicted octanol–water partition coefficient (Wildman–Crippen LogP) is 4.42. The number of fused-ring (bicyclic) bond motifs is 1. The summed E-state index contributed by atoms with van der Waals surface area (Å²) in [6, 6.07) is 17.0. The van der Waals surface area contributed by atoms with E-state index in [9.17, 15) is 4.79 Å². The highest BCUT2D eigenvalue weighted by Gasteiger charge is 2.26. The maximum absolute atomic E-state index is 13.2. The molecule has 0 aliphatic carbocycles. The molecule has 2 aromatic carbocycles. The number of hydrogen-bond donors (Lipinski definition) is 1. The van der Waals surface area contributed by atoms with Crippen LogP contribution >= 0.6 is 0 Å². The van der Waals surface area contributed by atoms with Gasteiger partial charge in [-0.25, -0.2) is 0 Å².